The molecule has 0 aliphatic carbocycles. The lowest BCUT2D eigenvalue weighted by molar-refractivity contribution is 0.189. The fraction of sp³-hybridized carbons (Fsp3) is 0.333. The van der Waals surface area contributed by atoms with Crippen LogP contribution in [0.25, 0.3) is 0 Å². The summed E-state index contributed by atoms with van der Waals surface area (Å²) < 4.78 is 18.3. The highest BCUT2D eigenvalue weighted by Crippen LogP contribution is 2.17. The Balaban J connectivity index is 2.05. The molecule has 0 spiro atoms. The van der Waals surface area contributed by atoms with Gasteiger partial charge in [0.25, 0.3) is 0 Å². The van der Waals surface area contributed by atoms with Crippen molar-refractivity contribution in [2.45, 2.75) is 12.5 Å². The quantitative estimate of drug-likeness (QED) is 0.732. The highest BCUT2D eigenvalue weighted by atomic mass is 32.1. The summed E-state index contributed by atoms with van der Waals surface area (Å²) in [6.07, 6.45) is 0.777. The summed E-state index contributed by atoms with van der Waals surface area (Å²) in [5.74, 6) is -0.460. The van der Waals surface area contributed by atoms with Gasteiger partial charge in [0.2, 0.25) is 0 Å². The summed E-state index contributed by atoms with van der Waals surface area (Å²) in [6.45, 7) is 1.14. The summed E-state index contributed by atoms with van der Waals surface area (Å²) in [7, 11) is 0. The maximum absolute atomic E-state index is 13.1. The maximum Gasteiger partial charge on any atom is 0.319 e. The van der Waals surface area contributed by atoms with Crippen molar-refractivity contribution in [3.05, 3.63) is 29.6 Å². The molecule has 4 N–H and O–H groups in total. The number of halogens is 1. The van der Waals surface area contributed by atoms with E-state index in [9.17, 15) is 9.18 Å². The van der Waals surface area contributed by atoms with Crippen LogP contribution in [0.3, 0.4) is 0 Å². The number of thiocarbonyl (C=S) groups is 1. The standard InChI is InChI=1S/C12H14FN3O2S/c13-7-1-2-10(9(5-7)11(14)19)16-12(17)15-8-3-4-18-6-8/h1-2,5,8H,3-4,6H2,(H2,14,19)(H2,15,16,17). The van der Waals surface area contributed by atoms with Gasteiger partial charge in [-0.3, -0.25) is 0 Å². The van der Waals surface area contributed by atoms with Gasteiger partial charge in [0.15, 0.2) is 0 Å². The van der Waals surface area contributed by atoms with Crippen molar-refractivity contribution in [3.8, 4) is 0 Å². The summed E-state index contributed by atoms with van der Waals surface area (Å²) in [6, 6.07) is 3.45. The van der Waals surface area contributed by atoms with Gasteiger partial charge in [0.1, 0.15) is 10.8 Å². The van der Waals surface area contributed by atoms with Crippen molar-refractivity contribution in [2.24, 2.45) is 5.73 Å². The first-order valence-corrected chi connectivity index (χ1v) is 6.21. The van der Waals surface area contributed by atoms with E-state index in [1.807, 2.05) is 0 Å². The van der Waals surface area contributed by atoms with Gasteiger partial charge in [0.05, 0.1) is 18.3 Å². The maximum atomic E-state index is 13.1. The summed E-state index contributed by atoms with van der Waals surface area (Å²) in [5, 5.41) is 5.36. The minimum atomic E-state index is -0.460. The number of nitrogens with two attached hydrogens (primary N) is 1. The number of hydrogen-bond donors (Lipinski definition) is 3. The number of carbonyl (C=O) groups is 1. The Kier molecular flexibility index (Phi) is 4.28. The molecule has 2 amide bonds. The summed E-state index contributed by atoms with van der Waals surface area (Å²) in [4.78, 5) is 11.8. The first-order chi connectivity index (χ1) is 9.06. The Morgan fingerprint density at radius 2 is 2.32 bits per heavy atom. The largest absolute Gasteiger partial charge is 0.389 e. The van der Waals surface area contributed by atoms with Gasteiger partial charge in [0, 0.05) is 12.2 Å². The van der Waals surface area contributed by atoms with E-state index in [0.717, 1.165) is 6.42 Å². The SMILES string of the molecule is NC(=S)c1cc(F)ccc1NC(=O)NC1CCOC1. The minimum absolute atomic E-state index is 0.00581. The van der Waals surface area contributed by atoms with E-state index < -0.39 is 5.82 Å². The Bertz CT molecular complexity index is 504. The molecule has 1 saturated heterocycles. The van der Waals surface area contributed by atoms with Crippen LogP contribution in [-0.4, -0.2) is 30.3 Å². The predicted molar refractivity (Wildman–Crippen MR) is 73.7 cm³/mol. The third-order valence-electron chi connectivity index (χ3n) is 2.76. The van der Waals surface area contributed by atoms with Gasteiger partial charge in [-0.05, 0) is 24.6 Å². The third-order valence-corrected chi connectivity index (χ3v) is 2.98. The molecule has 5 nitrogen and oxygen atoms in total. The minimum Gasteiger partial charge on any atom is -0.389 e. The van der Waals surface area contributed by atoms with E-state index in [1.165, 1.54) is 18.2 Å². The molecule has 1 aromatic carbocycles. The van der Waals surface area contributed by atoms with E-state index in [0.29, 0.717) is 24.5 Å². The topological polar surface area (TPSA) is 76.4 Å². The van der Waals surface area contributed by atoms with Crippen LogP contribution in [-0.2, 0) is 4.74 Å². The summed E-state index contributed by atoms with van der Waals surface area (Å²) in [5.41, 5.74) is 6.17. The van der Waals surface area contributed by atoms with Crippen LogP contribution in [0, 0.1) is 5.82 Å². The molecule has 1 aliphatic heterocycles. The van der Waals surface area contributed by atoms with Gasteiger partial charge >= 0.3 is 6.03 Å². The molecule has 1 aliphatic rings. The Morgan fingerprint density at radius 1 is 1.53 bits per heavy atom. The predicted octanol–water partition coefficient (Wildman–Crippen LogP) is 1.37. The van der Waals surface area contributed by atoms with Crippen molar-refractivity contribution in [3.63, 3.8) is 0 Å². The van der Waals surface area contributed by atoms with Crippen molar-refractivity contribution in [2.75, 3.05) is 18.5 Å². The molecule has 102 valence electrons. The van der Waals surface area contributed by atoms with Gasteiger partial charge in [-0.25, -0.2) is 9.18 Å². The number of urea groups is 1. The first-order valence-electron chi connectivity index (χ1n) is 5.81. The van der Waals surface area contributed by atoms with E-state index in [1.54, 1.807) is 0 Å². The zero-order valence-electron chi connectivity index (χ0n) is 10.1. The second kappa shape index (κ2) is 5.94. The lowest BCUT2D eigenvalue weighted by Gasteiger charge is -2.14. The normalized spacial score (nSPS) is 18.1. The molecular weight excluding hydrogens is 269 g/mol. The van der Waals surface area contributed by atoms with Crippen LogP contribution in [0.4, 0.5) is 14.9 Å². The van der Waals surface area contributed by atoms with Crippen LogP contribution in [0.15, 0.2) is 18.2 Å². The van der Waals surface area contributed by atoms with Crippen molar-refractivity contribution in [1.82, 2.24) is 5.32 Å². The summed E-state index contributed by atoms with van der Waals surface area (Å²) >= 11 is 4.82. The lowest BCUT2D eigenvalue weighted by atomic mass is 10.1. The lowest BCUT2D eigenvalue weighted by Crippen LogP contribution is -2.38. The van der Waals surface area contributed by atoms with Crippen molar-refractivity contribution >= 4 is 28.9 Å². The number of benzene rings is 1. The molecule has 2 rings (SSSR count). The molecule has 1 aromatic rings. The molecule has 0 bridgehead atoms. The number of carbonyl (C=O) groups excluding carboxylic acids is 1. The Labute approximate surface area is 115 Å². The molecule has 0 saturated carbocycles. The number of hydrogen-bond acceptors (Lipinski definition) is 3. The highest BCUT2D eigenvalue weighted by molar-refractivity contribution is 7.80. The number of anilines is 1. The zero-order valence-corrected chi connectivity index (χ0v) is 10.9. The van der Waals surface area contributed by atoms with Crippen LogP contribution in [0.1, 0.15) is 12.0 Å². The third kappa shape index (κ3) is 3.62. The van der Waals surface area contributed by atoms with E-state index in [-0.39, 0.29) is 17.1 Å². The van der Waals surface area contributed by atoms with Gasteiger partial charge < -0.3 is 21.1 Å². The molecule has 0 aromatic heterocycles. The molecule has 0 radical (unpaired) electrons. The van der Waals surface area contributed by atoms with E-state index in [2.05, 4.69) is 10.6 Å². The van der Waals surface area contributed by atoms with Crippen LogP contribution >= 0.6 is 12.2 Å². The molecule has 1 atom stereocenters. The molecule has 1 fully saturated rings. The van der Waals surface area contributed by atoms with E-state index >= 15 is 0 Å². The Hall–Kier alpha value is -1.73. The van der Waals surface area contributed by atoms with Gasteiger partial charge in [-0.2, -0.15) is 0 Å². The number of nitrogens with one attached hydrogen (secondary N) is 2. The first kappa shape index (κ1) is 13.7. The highest BCUT2D eigenvalue weighted by Gasteiger charge is 2.18. The van der Waals surface area contributed by atoms with Crippen molar-refractivity contribution in [1.29, 1.82) is 0 Å². The number of rotatable bonds is 3. The van der Waals surface area contributed by atoms with Crippen LogP contribution < -0.4 is 16.4 Å². The monoisotopic (exact) mass is 283 g/mol. The Morgan fingerprint density at radius 3 is 2.95 bits per heavy atom. The zero-order chi connectivity index (χ0) is 13.8. The molecular formula is C12H14FN3O2S. The number of amides is 2. The molecule has 19 heavy (non-hydrogen) atoms. The smallest absolute Gasteiger partial charge is 0.319 e. The number of ether oxygens (including phenoxy) is 1. The molecule has 7 heteroatoms. The molecule has 1 unspecified atom stereocenters. The van der Waals surface area contributed by atoms with Gasteiger partial charge in [-0.15, -0.1) is 0 Å². The average Bonchev–Trinajstić information content (AvgIpc) is 2.83. The molecule has 1 heterocycles. The van der Waals surface area contributed by atoms with E-state index in [4.69, 9.17) is 22.7 Å². The van der Waals surface area contributed by atoms with Gasteiger partial charge in [-0.1, -0.05) is 12.2 Å². The van der Waals surface area contributed by atoms with Crippen molar-refractivity contribution < 1.29 is 13.9 Å². The van der Waals surface area contributed by atoms with Crippen LogP contribution in [0.2, 0.25) is 0 Å². The fourth-order valence-electron chi connectivity index (χ4n) is 1.82. The van der Waals surface area contributed by atoms with Crippen LogP contribution in [0.5, 0.6) is 0 Å². The average molecular weight is 283 g/mol. The fourth-order valence-corrected chi connectivity index (χ4v) is 1.99. The second-order valence-electron chi connectivity index (χ2n) is 4.21. The second-order valence-corrected chi connectivity index (χ2v) is 4.65.